The van der Waals surface area contributed by atoms with E-state index in [1.54, 1.807) is 24.0 Å². The molecule has 2 amide bonds. The lowest BCUT2D eigenvalue weighted by Crippen LogP contribution is -2.56. The first-order valence-corrected chi connectivity index (χ1v) is 6.38. The fourth-order valence-electron chi connectivity index (χ4n) is 2.16. The van der Waals surface area contributed by atoms with Crippen LogP contribution in [-0.4, -0.2) is 46.9 Å². The van der Waals surface area contributed by atoms with Gasteiger partial charge in [0.25, 0.3) is 0 Å². The van der Waals surface area contributed by atoms with Crippen LogP contribution >= 0.6 is 0 Å². The summed E-state index contributed by atoms with van der Waals surface area (Å²) >= 11 is 0. The zero-order chi connectivity index (χ0) is 14.7. The van der Waals surface area contributed by atoms with E-state index in [1.807, 2.05) is 0 Å². The van der Waals surface area contributed by atoms with Crippen LogP contribution in [0.4, 0.5) is 0 Å². The number of carbonyl (C=O) groups is 3. The normalized spacial score (nSPS) is 18.6. The second-order valence-corrected chi connectivity index (χ2v) is 4.73. The Labute approximate surface area is 116 Å². The summed E-state index contributed by atoms with van der Waals surface area (Å²) in [6.45, 7) is 2.66. The molecule has 0 saturated carbocycles. The Kier molecular flexibility index (Phi) is 4.02. The zero-order valence-electron chi connectivity index (χ0n) is 11.1. The largest absolute Gasteiger partial charge is 0.478 e. The molecule has 1 aliphatic heterocycles. The van der Waals surface area contributed by atoms with E-state index in [1.165, 1.54) is 12.1 Å². The molecule has 0 aliphatic carbocycles. The van der Waals surface area contributed by atoms with Crippen LogP contribution in [0.5, 0.6) is 0 Å². The molecule has 2 rings (SSSR count). The summed E-state index contributed by atoms with van der Waals surface area (Å²) in [7, 11) is 0. The van der Waals surface area contributed by atoms with Crippen molar-refractivity contribution in [3.63, 3.8) is 0 Å². The van der Waals surface area contributed by atoms with Crippen molar-refractivity contribution >= 4 is 17.8 Å². The predicted octanol–water partition coefficient (Wildman–Crippen LogP) is 0.274. The number of piperazine rings is 1. The van der Waals surface area contributed by atoms with Crippen molar-refractivity contribution in [1.82, 2.24) is 10.2 Å². The first kappa shape index (κ1) is 14.0. The van der Waals surface area contributed by atoms with Gasteiger partial charge in [-0.05, 0) is 24.6 Å². The maximum atomic E-state index is 12.2. The Bertz CT molecular complexity index is 539. The monoisotopic (exact) mass is 276 g/mol. The van der Waals surface area contributed by atoms with E-state index in [-0.39, 0.29) is 23.8 Å². The number of aromatic carboxylic acids is 1. The molecule has 0 aromatic heterocycles. The molecule has 1 unspecified atom stereocenters. The van der Waals surface area contributed by atoms with Gasteiger partial charge >= 0.3 is 5.97 Å². The third-order valence-electron chi connectivity index (χ3n) is 3.38. The maximum absolute atomic E-state index is 12.2. The van der Waals surface area contributed by atoms with E-state index < -0.39 is 12.0 Å². The molecule has 1 aromatic carbocycles. The van der Waals surface area contributed by atoms with Crippen molar-refractivity contribution < 1.29 is 19.5 Å². The molecule has 0 radical (unpaired) electrons. The lowest BCUT2D eigenvalue weighted by molar-refractivity contribution is -0.142. The molecule has 1 saturated heterocycles. The topological polar surface area (TPSA) is 86.7 Å². The van der Waals surface area contributed by atoms with Crippen LogP contribution in [0, 0.1) is 0 Å². The van der Waals surface area contributed by atoms with Crippen LogP contribution < -0.4 is 5.32 Å². The molecule has 1 aromatic rings. The van der Waals surface area contributed by atoms with Gasteiger partial charge in [-0.2, -0.15) is 0 Å². The van der Waals surface area contributed by atoms with E-state index >= 15 is 0 Å². The summed E-state index contributed by atoms with van der Waals surface area (Å²) in [6.07, 6.45) is 0.164. The fourth-order valence-corrected chi connectivity index (χ4v) is 2.16. The minimum Gasteiger partial charge on any atom is -0.478 e. The van der Waals surface area contributed by atoms with Gasteiger partial charge in [-0.3, -0.25) is 9.59 Å². The second-order valence-electron chi connectivity index (χ2n) is 4.73. The van der Waals surface area contributed by atoms with Gasteiger partial charge < -0.3 is 15.3 Å². The first-order valence-electron chi connectivity index (χ1n) is 6.38. The van der Waals surface area contributed by atoms with E-state index in [4.69, 9.17) is 5.11 Å². The third kappa shape index (κ3) is 2.96. The number of carbonyl (C=O) groups excluding carboxylic acids is 2. The summed E-state index contributed by atoms with van der Waals surface area (Å²) in [5.74, 6) is -1.27. The van der Waals surface area contributed by atoms with Crippen molar-refractivity contribution in [2.75, 3.05) is 13.1 Å². The molecule has 1 fully saturated rings. The summed E-state index contributed by atoms with van der Waals surface area (Å²) in [5.41, 5.74) is 0.921. The minimum atomic E-state index is -0.996. The maximum Gasteiger partial charge on any atom is 0.335 e. The number of rotatable bonds is 3. The highest BCUT2D eigenvalue weighted by Crippen LogP contribution is 2.10. The van der Waals surface area contributed by atoms with Crippen LogP contribution in [0.25, 0.3) is 0 Å². The molecule has 106 valence electrons. The van der Waals surface area contributed by atoms with Crippen molar-refractivity contribution in [2.24, 2.45) is 0 Å². The van der Waals surface area contributed by atoms with Crippen molar-refractivity contribution in [1.29, 1.82) is 0 Å². The number of carboxylic acids is 1. The molecule has 0 spiro atoms. The number of hydrogen-bond acceptors (Lipinski definition) is 3. The van der Waals surface area contributed by atoms with Gasteiger partial charge in [0.2, 0.25) is 11.8 Å². The molecule has 6 heteroatoms. The number of amides is 2. The Balaban J connectivity index is 2.03. The Morgan fingerprint density at radius 3 is 2.60 bits per heavy atom. The highest BCUT2D eigenvalue weighted by molar-refractivity contribution is 5.90. The molecule has 6 nitrogen and oxygen atoms in total. The molecule has 1 heterocycles. The molecule has 2 N–H and O–H groups in total. The summed E-state index contributed by atoms with van der Waals surface area (Å²) in [6, 6.07) is 5.72. The molecular weight excluding hydrogens is 260 g/mol. The summed E-state index contributed by atoms with van der Waals surface area (Å²) < 4.78 is 0. The van der Waals surface area contributed by atoms with Gasteiger partial charge in [-0.1, -0.05) is 12.1 Å². The van der Waals surface area contributed by atoms with Crippen LogP contribution in [0.2, 0.25) is 0 Å². The Morgan fingerprint density at radius 2 is 2.00 bits per heavy atom. The second kappa shape index (κ2) is 5.73. The summed E-state index contributed by atoms with van der Waals surface area (Å²) in [4.78, 5) is 36.0. The number of benzene rings is 1. The van der Waals surface area contributed by atoms with Crippen molar-refractivity contribution in [2.45, 2.75) is 19.4 Å². The number of carboxylic acid groups (broad SMARTS) is 1. The average molecular weight is 276 g/mol. The highest BCUT2D eigenvalue weighted by atomic mass is 16.4. The number of nitrogens with zero attached hydrogens (tertiary/aromatic N) is 1. The Hall–Kier alpha value is -2.37. The summed E-state index contributed by atoms with van der Waals surface area (Å²) in [5, 5.41) is 11.5. The molecule has 1 atom stereocenters. The van der Waals surface area contributed by atoms with Gasteiger partial charge in [0, 0.05) is 13.1 Å². The number of nitrogens with one attached hydrogen (secondary N) is 1. The minimum absolute atomic E-state index is 0.129. The molecule has 20 heavy (non-hydrogen) atoms. The Morgan fingerprint density at radius 1 is 1.35 bits per heavy atom. The zero-order valence-corrected chi connectivity index (χ0v) is 11.1. The van der Waals surface area contributed by atoms with Crippen LogP contribution in [0.3, 0.4) is 0 Å². The van der Waals surface area contributed by atoms with Crippen molar-refractivity contribution in [3.05, 3.63) is 35.4 Å². The predicted molar refractivity (Wildman–Crippen MR) is 71.3 cm³/mol. The fraction of sp³-hybridized carbons (Fsp3) is 0.357. The smallest absolute Gasteiger partial charge is 0.335 e. The molecule has 0 bridgehead atoms. The van der Waals surface area contributed by atoms with E-state index in [2.05, 4.69) is 5.32 Å². The van der Waals surface area contributed by atoms with Gasteiger partial charge in [-0.15, -0.1) is 0 Å². The lowest BCUT2D eigenvalue weighted by atomic mass is 10.1. The van der Waals surface area contributed by atoms with Crippen molar-refractivity contribution in [3.8, 4) is 0 Å². The molecular formula is C14H16N2O4. The van der Waals surface area contributed by atoms with Crippen LogP contribution in [0.1, 0.15) is 22.8 Å². The quantitative estimate of drug-likeness (QED) is 0.830. The highest BCUT2D eigenvalue weighted by Gasteiger charge is 2.28. The van der Waals surface area contributed by atoms with E-state index in [0.29, 0.717) is 13.1 Å². The molecule has 1 aliphatic rings. The number of hydrogen-bond donors (Lipinski definition) is 2. The SMILES string of the molecule is CC1C(=O)NCCN1C(=O)Cc1ccc(C(=O)O)cc1. The third-order valence-corrected chi connectivity index (χ3v) is 3.38. The first-order chi connectivity index (χ1) is 9.49. The van der Waals surface area contributed by atoms with E-state index in [9.17, 15) is 14.4 Å². The lowest BCUT2D eigenvalue weighted by Gasteiger charge is -2.32. The average Bonchev–Trinajstić information content (AvgIpc) is 2.42. The van der Waals surface area contributed by atoms with Crippen LogP contribution in [-0.2, 0) is 16.0 Å². The van der Waals surface area contributed by atoms with Gasteiger partial charge in [-0.25, -0.2) is 4.79 Å². The standard InChI is InChI=1S/C14H16N2O4/c1-9-13(18)15-6-7-16(9)12(17)8-10-2-4-11(5-3-10)14(19)20/h2-5,9H,6-8H2,1H3,(H,15,18)(H,19,20). The van der Waals surface area contributed by atoms with E-state index in [0.717, 1.165) is 5.56 Å². The van der Waals surface area contributed by atoms with Gasteiger partial charge in [0.05, 0.1) is 12.0 Å². The van der Waals surface area contributed by atoms with Gasteiger partial charge in [0.15, 0.2) is 0 Å². The van der Waals surface area contributed by atoms with Gasteiger partial charge in [0.1, 0.15) is 6.04 Å². The van der Waals surface area contributed by atoms with Crippen LogP contribution in [0.15, 0.2) is 24.3 Å².